The number of ether oxygens (including phenoxy) is 1. The van der Waals surface area contributed by atoms with Gasteiger partial charge in [0.2, 0.25) is 5.88 Å². The van der Waals surface area contributed by atoms with Crippen LogP contribution in [0.3, 0.4) is 0 Å². The fourth-order valence-electron chi connectivity index (χ4n) is 1.22. The van der Waals surface area contributed by atoms with Crippen molar-refractivity contribution >= 4 is 0 Å². The van der Waals surface area contributed by atoms with Gasteiger partial charge in [0.1, 0.15) is 0 Å². The third kappa shape index (κ3) is 2.42. The molecule has 3 heteroatoms. The summed E-state index contributed by atoms with van der Waals surface area (Å²) in [6, 6.07) is 3.75. The highest BCUT2D eigenvalue weighted by molar-refractivity contribution is 5.21. The molecular formula is C10H15NO2. The molecule has 0 aliphatic heterocycles. The average Bonchev–Trinajstić information content (AvgIpc) is 2.21. The number of rotatable bonds is 4. The van der Waals surface area contributed by atoms with E-state index in [1.807, 2.05) is 19.1 Å². The summed E-state index contributed by atoms with van der Waals surface area (Å²) in [7, 11) is 1.59. The van der Waals surface area contributed by atoms with E-state index in [9.17, 15) is 0 Å². The third-order valence-electron chi connectivity index (χ3n) is 2.15. The molecular weight excluding hydrogens is 166 g/mol. The molecule has 0 fully saturated rings. The molecule has 0 aliphatic rings. The molecule has 1 heterocycles. The van der Waals surface area contributed by atoms with Crippen LogP contribution < -0.4 is 4.74 Å². The van der Waals surface area contributed by atoms with Crippen LogP contribution >= 0.6 is 0 Å². The Morgan fingerprint density at radius 3 is 2.69 bits per heavy atom. The summed E-state index contributed by atoms with van der Waals surface area (Å²) in [5.74, 6) is 0.801. The number of hydrogen-bond acceptors (Lipinski definition) is 3. The van der Waals surface area contributed by atoms with Crippen LogP contribution in [0.1, 0.15) is 24.8 Å². The van der Waals surface area contributed by atoms with Gasteiger partial charge in [0.15, 0.2) is 0 Å². The number of methoxy groups -OCH3 is 1. The lowest BCUT2D eigenvalue weighted by molar-refractivity contribution is 0.262. The van der Waals surface area contributed by atoms with Gasteiger partial charge in [-0.1, -0.05) is 13.0 Å². The molecule has 0 aromatic carbocycles. The van der Waals surface area contributed by atoms with Gasteiger partial charge in [0.25, 0.3) is 0 Å². The Balaban J connectivity index is 2.78. The van der Waals surface area contributed by atoms with E-state index in [4.69, 9.17) is 9.84 Å². The Kier molecular flexibility index (Phi) is 3.71. The Labute approximate surface area is 78.4 Å². The first-order chi connectivity index (χ1) is 6.31. The molecule has 0 aliphatic carbocycles. The molecule has 0 unspecified atom stereocenters. The monoisotopic (exact) mass is 181 g/mol. The number of nitrogens with zero attached hydrogens (tertiary/aromatic N) is 1. The van der Waals surface area contributed by atoms with Crippen molar-refractivity contribution in [2.24, 2.45) is 0 Å². The van der Waals surface area contributed by atoms with Crippen molar-refractivity contribution in [3.63, 3.8) is 0 Å². The molecule has 0 spiro atoms. The number of aromatic nitrogens is 1. The molecule has 3 nitrogen and oxygen atoms in total. The van der Waals surface area contributed by atoms with Crippen LogP contribution in [0.2, 0.25) is 0 Å². The topological polar surface area (TPSA) is 42.4 Å². The summed E-state index contributed by atoms with van der Waals surface area (Å²) in [6.45, 7) is 2.22. The first-order valence-corrected chi connectivity index (χ1v) is 4.42. The second-order valence-electron chi connectivity index (χ2n) is 2.92. The SMILES string of the molecule is CC[C@H](CO)c1ccc(OC)nc1. The molecule has 1 aromatic rings. The maximum atomic E-state index is 9.05. The standard InChI is InChI=1S/C10H15NO2/c1-3-8(7-12)9-4-5-10(13-2)11-6-9/h4-6,8,12H,3,7H2,1-2H3/t8-/m1/s1. The lowest BCUT2D eigenvalue weighted by Crippen LogP contribution is -2.03. The van der Waals surface area contributed by atoms with Gasteiger partial charge >= 0.3 is 0 Å². The van der Waals surface area contributed by atoms with Crippen LogP contribution in [0.5, 0.6) is 5.88 Å². The van der Waals surface area contributed by atoms with Crippen molar-refractivity contribution in [2.75, 3.05) is 13.7 Å². The van der Waals surface area contributed by atoms with Gasteiger partial charge in [-0.05, 0) is 12.0 Å². The number of aliphatic hydroxyl groups excluding tert-OH is 1. The highest BCUT2D eigenvalue weighted by atomic mass is 16.5. The van der Waals surface area contributed by atoms with Crippen LogP contribution in [-0.4, -0.2) is 23.8 Å². The van der Waals surface area contributed by atoms with Crippen LogP contribution in [0.4, 0.5) is 0 Å². The van der Waals surface area contributed by atoms with E-state index >= 15 is 0 Å². The maximum Gasteiger partial charge on any atom is 0.212 e. The van der Waals surface area contributed by atoms with Gasteiger partial charge in [-0.15, -0.1) is 0 Å². The fourth-order valence-corrected chi connectivity index (χ4v) is 1.22. The summed E-state index contributed by atoms with van der Waals surface area (Å²) < 4.78 is 4.94. The Bertz CT molecular complexity index is 242. The Morgan fingerprint density at radius 2 is 2.31 bits per heavy atom. The van der Waals surface area contributed by atoms with Gasteiger partial charge in [-0.25, -0.2) is 4.98 Å². The molecule has 1 aromatic heterocycles. The van der Waals surface area contributed by atoms with Gasteiger partial charge in [-0.3, -0.25) is 0 Å². The van der Waals surface area contributed by atoms with Crippen LogP contribution in [0, 0.1) is 0 Å². The van der Waals surface area contributed by atoms with Crippen molar-refractivity contribution in [1.29, 1.82) is 0 Å². The highest BCUT2D eigenvalue weighted by Gasteiger charge is 2.07. The Hall–Kier alpha value is -1.09. The van der Waals surface area contributed by atoms with Crippen molar-refractivity contribution in [3.05, 3.63) is 23.9 Å². The predicted molar refractivity (Wildman–Crippen MR) is 50.9 cm³/mol. The molecule has 0 saturated carbocycles. The molecule has 13 heavy (non-hydrogen) atoms. The molecule has 0 amide bonds. The average molecular weight is 181 g/mol. The maximum absolute atomic E-state index is 9.05. The van der Waals surface area contributed by atoms with Crippen molar-refractivity contribution < 1.29 is 9.84 Å². The van der Waals surface area contributed by atoms with Crippen molar-refractivity contribution in [2.45, 2.75) is 19.3 Å². The van der Waals surface area contributed by atoms with E-state index in [2.05, 4.69) is 4.98 Å². The fraction of sp³-hybridized carbons (Fsp3) is 0.500. The van der Waals surface area contributed by atoms with Gasteiger partial charge in [-0.2, -0.15) is 0 Å². The van der Waals surface area contributed by atoms with E-state index in [0.29, 0.717) is 5.88 Å². The quantitative estimate of drug-likeness (QED) is 0.766. The van der Waals surface area contributed by atoms with Gasteiger partial charge < -0.3 is 9.84 Å². The minimum Gasteiger partial charge on any atom is -0.481 e. The lowest BCUT2D eigenvalue weighted by Gasteiger charge is -2.11. The van der Waals surface area contributed by atoms with Crippen LogP contribution in [-0.2, 0) is 0 Å². The number of hydrogen-bond donors (Lipinski definition) is 1. The van der Waals surface area contributed by atoms with E-state index in [1.165, 1.54) is 0 Å². The molecule has 1 N–H and O–H groups in total. The first-order valence-electron chi connectivity index (χ1n) is 4.42. The summed E-state index contributed by atoms with van der Waals surface area (Å²) in [5, 5.41) is 9.05. The number of aliphatic hydroxyl groups is 1. The van der Waals surface area contributed by atoms with Crippen molar-refractivity contribution in [1.82, 2.24) is 4.98 Å². The van der Waals surface area contributed by atoms with Crippen LogP contribution in [0.15, 0.2) is 18.3 Å². The normalized spacial score (nSPS) is 12.5. The Morgan fingerprint density at radius 1 is 1.54 bits per heavy atom. The largest absolute Gasteiger partial charge is 0.481 e. The van der Waals surface area contributed by atoms with Gasteiger partial charge in [0, 0.05) is 24.8 Å². The molecule has 1 atom stereocenters. The molecule has 0 bridgehead atoms. The first kappa shape index (κ1) is 9.99. The number of pyridine rings is 1. The summed E-state index contributed by atoms with van der Waals surface area (Å²) in [5.41, 5.74) is 1.06. The van der Waals surface area contributed by atoms with E-state index in [1.54, 1.807) is 13.3 Å². The molecule has 0 radical (unpaired) electrons. The molecule has 72 valence electrons. The van der Waals surface area contributed by atoms with E-state index < -0.39 is 0 Å². The zero-order valence-corrected chi connectivity index (χ0v) is 8.03. The summed E-state index contributed by atoms with van der Waals surface area (Å²) in [4.78, 5) is 4.08. The van der Waals surface area contributed by atoms with E-state index in [-0.39, 0.29) is 12.5 Å². The zero-order chi connectivity index (χ0) is 9.68. The van der Waals surface area contributed by atoms with Crippen molar-refractivity contribution in [3.8, 4) is 5.88 Å². The predicted octanol–water partition coefficient (Wildman–Crippen LogP) is 1.58. The van der Waals surface area contributed by atoms with Crippen LogP contribution in [0.25, 0.3) is 0 Å². The molecule has 0 saturated heterocycles. The second kappa shape index (κ2) is 4.82. The minimum atomic E-state index is 0.171. The second-order valence-corrected chi connectivity index (χ2v) is 2.92. The zero-order valence-electron chi connectivity index (χ0n) is 8.03. The summed E-state index contributed by atoms with van der Waals surface area (Å²) >= 11 is 0. The molecule has 1 rings (SSSR count). The third-order valence-corrected chi connectivity index (χ3v) is 2.15. The van der Waals surface area contributed by atoms with Gasteiger partial charge in [0.05, 0.1) is 7.11 Å². The lowest BCUT2D eigenvalue weighted by atomic mass is 9.99. The smallest absolute Gasteiger partial charge is 0.212 e. The minimum absolute atomic E-state index is 0.171. The summed E-state index contributed by atoms with van der Waals surface area (Å²) in [6.07, 6.45) is 2.67. The highest BCUT2D eigenvalue weighted by Crippen LogP contribution is 2.19. The van der Waals surface area contributed by atoms with E-state index in [0.717, 1.165) is 12.0 Å².